The Labute approximate surface area is 128 Å². The number of rotatable bonds is 8. The quantitative estimate of drug-likeness (QED) is 0.724. The van der Waals surface area contributed by atoms with Crippen molar-refractivity contribution in [3.05, 3.63) is 29.8 Å². The molecule has 1 atom stereocenters. The van der Waals surface area contributed by atoms with Gasteiger partial charge in [-0.25, -0.2) is 13.1 Å². The Morgan fingerprint density at radius 2 is 1.90 bits per heavy atom. The van der Waals surface area contributed by atoms with Crippen LogP contribution in [0.4, 0.5) is 0 Å². The number of sulfonamides is 1. The van der Waals surface area contributed by atoms with Gasteiger partial charge in [0.1, 0.15) is 0 Å². The average Bonchev–Trinajstić information content (AvgIpc) is 2.37. The monoisotopic (exact) mass is 310 g/mol. The van der Waals surface area contributed by atoms with Crippen LogP contribution in [0, 0.1) is 5.92 Å². The molecular weight excluding hydrogens is 284 g/mol. The highest BCUT2D eigenvalue weighted by atomic mass is 32.2. The van der Waals surface area contributed by atoms with Gasteiger partial charge in [-0.2, -0.15) is 0 Å². The summed E-state index contributed by atoms with van der Waals surface area (Å²) in [6.07, 6.45) is 5.51. The highest BCUT2D eigenvalue weighted by Gasteiger charge is 2.27. The predicted molar refractivity (Wildman–Crippen MR) is 85.8 cm³/mol. The minimum Gasteiger partial charge on any atom is -0.320 e. The van der Waals surface area contributed by atoms with Gasteiger partial charge < -0.3 is 5.32 Å². The molecule has 0 bridgehead atoms. The Bertz CT molecular complexity index is 536. The van der Waals surface area contributed by atoms with Crippen molar-refractivity contribution in [3.63, 3.8) is 0 Å². The first-order chi connectivity index (χ1) is 10.0. The highest BCUT2D eigenvalue weighted by Crippen LogP contribution is 2.30. The van der Waals surface area contributed by atoms with E-state index in [4.69, 9.17) is 0 Å². The van der Waals surface area contributed by atoms with E-state index in [0.29, 0.717) is 10.8 Å². The third-order valence-electron chi connectivity index (χ3n) is 4.32. The molecule has 1 saturated carbocycles. The molecule has 0 spiro atoms. The molecule has 118 valence electrons. The molecule has 0 amide bonds. The van der Waals surface area contributed by atoms with Gasteiger partial charge in [-0.15, -0.1) is 0 Å². The SMILES string of the molecule is CNCCCc1ccc(S(=O)(=O)NC(C)C2CCC2)cc1. The molecule has 2 N–H and O–H groups in total. The average molecular weight is 310 g/mol. The molecule has 0 radical (unpaired) electrons. The molecule has 1 unspecified atom stereocenters. The third-order valence-corrected chi connectivity index (χ3v) is 5.90. The molecule has 5 heteroatoms. The predicted octanol–water partition coefficient (Wildman–Crippen LogP) is 2.31. The van der Waals surface area contributed by atoms with Crippen molar-refractivity contribution in [2.45, 2.75) is 50.0 Å². The summed E-state index contributed by atoms with van der Waals surface area (Å²) in [7, 11) is -1.45. The van der Waals surface area contributed by atoms with Crippen LogP contribution in [0.2, 0.25) is 0 Å². The van der Waals surface area contributed by atoms with Crippen LogP contribution in [0.25, 0.3) is 0 Å². The van der Waals surface area contributed by atoms with Gasteiger partial charge >= 0.3 is 0 Å². The molecule has 1 aliphatic carbocycles. The smallest absolute Gasteiger partial charge is 0.240 e. The van der Waals surface area contributed by atoms with E-state index in [1.165, 1.54) is 12.0 Å². The molecule has 1 aromatic rings. The molecular formula is C16H26N2O2S. The lowest BCUT2D eigenvalue weighted by atomic mass is 9.81. The summed E-state index contributed by atoms with van der Waals surface area (Å²) < 4.78 is 27.5. The Hall–Kier alpha value is -0.910. The second-order valence-corrected chi connectivity index (χ2v) is 7.67. The molecule has 1 fully saturated rings. The van der Waals surface area contributed by atoms with E-state index in [1.807, 2.05) is 26.1 Å². The third kappa shape index (κ3) is 4.53. The fourth-order valence-electron chi connectivity index (χ4n) is 2.65. The fraction of sp³-hybridized carbons (Fsp3) is 0.625. The second kappa shape index (κ2) is 7.38. The van der Waals surface area contributed by atoms with Gasteiger partial charge in [0, 0.05) is 6.04 Å². The largest absolute Gasteiger partial charge is 0.320 e. The van der Waals surface area contributed by atoms with Crippen molar-refractivity contribution in [2.24, 2.45) is 5.92 Å². The van der Waals surface area contributed by atoms with E-state index in [1.54, 1.807) is 12.1 Å². The number of hydrogen-bond acceptors (Lipinski definition) is 3. The van der Waals surface area contributed by atoms with Gasteiger partial charge in [-0.3, -0.25) is 0 Å². The summed E-state index contributed by atoms with van der Waals surface area (Å²) >= 11 is 0. The van der Waals surface area contributed by atoms with Crippen molar-refractivity contribution in [1.29, 1.82) is 0 Å². The number of hydrogen-bond donors (Lipinski definition) is 2. The maximum atomic E-state index is 12.3. The Morgan fingerprint density at radius 3 is 2.43 bits per heavy atom. The lowest BCUT2D eigenvalue weighted by Crippen LogP contribution is -2.40. The zero-order valence-electron chi connectivity index (χ0n) is 12.9. The van der Waals surface area contributed by atoms with Gasteiger partial charge in [-0.05, 0) is 69.8 Å². The van der Waals surface area contributed by atoms with Crippen LogP contribution in [0.3, 0.4) is 0 Å². The van der Waals surface area contributed by atoms with Crippen LogP contribution in [-0.4, -0.2) is 28.1 Å². The molecule has 1 aliphatic rings. The lowest BCUT2D eigenvalue weighted by molar-refractivity contribution is 0.260. The van der Waals surface area contributed by atoms with Gasteiger partial charge in [0.25, 0.3) is 0 Å². The Morgan fingerprint density at radius 1 is 1.24 bits per heavy atom. The molecule has 2 rings (SSSR count). The van der Waals surface area contributed by atoms with E-state index in [2.05, 4.69) is 10.0 Å². The van der Waals surface area contributed by atoms with Gasteiger partial charge in [-0.1, -0.05) is 18.6 Å². The van der Waals surface area contributed by atoms with Crippen LogP contribution in [-0.2, 0) is 16.4 Å². The van der Waals surface area contributed by atoms with Gasteiger partial charge in [0.2, 0.25) is 10.0 Å². The number of benzene rings is 1. The molecule has 0 aromatic heterocycles. The van der Waals surface area contributed by atoms with Crippen molar-refractivity contribution >= 4 is 10.0 Å². The van der Waals surface area contributed by atoms with E-state index in [9.17, 15) is 8.42 Å². The zero-order chi connectivity index (χ0) is 15.3. The second-order valence-electron chi connectivity index (χ2n) is 5.95. The van der Waals surface area contributed by atoms with Crippen molar-refractivity contribution in [1.82, 2.24) is 10.0 Å². The molecule has 21 heavy (non-hydrogen) atoms. The first-order valence-electron chi connectivity index (χ1n) is 7.79. The van der Waals surface area contributed by atoms with E-state index < -0.39 is 10.0 Å². The zero-order valence-corrected chi connectivity index (χ0v) is 13.7. The Balaban J connectivity index is 1.95. The van der Waals surface area contributed by atoms with Gasteiger partial charge in [0.05, 0.1) is 4.90 Å². The summed E-state index contributed by atoms with van der Waals surface area (Å²) in [6, 6.07) is 7.28. The van der Waals surface area contributed by atoms with Crippen LogP contribution in [0.5, 0.6) is 0 Å². The minimum atomic E-state index is -3.39. The topological polar surface area (TPSA) is 58.2 Å². The summed E-state index contributed by atoms with van der Waals surface area (Å²) in [5.74, 6) is 0.501. The summed E-state index contributed by atoms with van der Waals surface area (Å²) in [5.41, 5.74) is 1.18. The van der Waals surface area contributed by atoms with Crippen LogP contribution < -0.4 is 10.0 Å². The van der Waals surface area contributed by atoms with Gasteiger partial charge in [0.15, 0.2) is 0 Å². The summed E-state index contributed by atoms with van der Waals surface area (Å²) in [6.45, 7) is 2.94. The van der Waals surface area contributed by atoms with E-state index in [0.717, 1.165) is 32.2 Å². The molecule has 0 aliphatic heterocycles. The summed E-state index contributed by atoms with van der Waals surface area (Å²) in [4.78, 5) is 0.367. The van der Waals surface area contributed by atoms with Crippen LogP contribution in [0.1, 0.15) is 38.2 Å². The normalized spacial score (nSPS) is 17.4. The van der Waals surface area contributed by atoms with E-state index >= 15 is 0 Å². The minimum absolute atomic E-state index is 0.0269. The van der Waals surface area contributed by atoms with Crippen molar-refractivity contribution < 1.29 is 8.42 Å². The summed E-state index contributed by atoms with van der Waals surface area (Å²) in [5, 5.41) is 3.11. The molecule has 0 heterocycles. The lowest BCUT2D eigenvalue weighted by Gasteiger charge is -2.31. The van der Waals surface area contributed by atoms with Crippen molar-refractivity contribution in [2.75, 3.05) is 13.6 Å². The standard InChI is InChI=1S/C16H26N2O2S/c1-13(15-6-3-7-15)18-21(19,20)16-10-8-14(9-11-16)5-4-12-17-2/h8-11,13,15,17-18H,3-7,12H2,1-2H3. The molecule has 1 aromatic carbocycles. The van der Waals surface area contributed by atoms with Crippen LogP contribution >= 0.6 is 0 Å². The Kier molecular flexibility index (Phi) is 5.79. The van der Waals surface area contributed by atoms with Crippen molar-refractivity contribution in [3.8, 4) is 0 Å². The fourth-order valence-corrected chi connectivity index (χ4v) is 3.97. The highest BCUT2D eigenvalue weighted by molar-refractivity contribution is 7.89. The maximum Gasteiger partial charge on any atom is 0.240 e. The number of nitrogens with one attached hydrogen (secondary N) is 2. The van der Waals surface area contributed by atoms with E-state index in [-0.39, 0.29) is 6.04 Å². The van der Waals surface area contributed by atoms with Crippen LogP contribution in [0.15, 0.2) is 29.2 Å². The first kappa shape index (κ1) is 16.5. The number of aryl methyl sites for hydroxylation is 1. The molecule has 4 nitrogen and oxygen atoms in total. The first-order valence-corrected chi connectivity index (χ1v) is 9.27. The maximum absolute atomic E-state index is 12.3. The molecule has 0 saturated heterocycles.